The fourth-order valence-electron chi connectivity index (χ4n) is 6.19. The first-order chi connectivity index (χ1) is 22.8. The van der Waals surface area contributed by atoms with Crippen molar-refractivity contribution >= 4 is 29.2 Å². The van der Waals surface area contributed by atoms with Crippen molar-refractivity contribution < 1.29 is 48.3 Å². The zero-order valence-corrected chi connectivity index (χ0v) is 27.5. The van der Waals surface area contributed by atoms with Crippen LogP contribution in [0.1, 0.15) is 77.4 Å². The van der Waals surface area contributed by atoms with Crippen molar-refractivity contribution in [3.05, 3.63) is 93.6 Å². The molecule has 4 aliphatic rings. The molecule has 48 heavy (non-hydrogen) atoms. The topological polar surface area (TPSA) is 138 Å². The fourth-order valence-corrected chi connectivity index (χ4v) is 6.19. The number of hydrogen-bond acceptors (Lipinski definition) is 10. The maximum atomic E-state index is 13.6. The van der Waals surface area contributed by atoms with Crippen LogP contribution in [-0.2, 0) is 4.79 Å². The van der Waals surface area contributed by atoms with Gasteiger partial charge in [-0.05, 0) is 52.3 Å². The van der Waals surface area contributed by atoms with Crippen molar-refractivity contribution in [3.63, 3.8) is 0 Å². The minimum Gasteiger partial charge on any atom is -0.507 e. The molecule has 0 saturated carbocycles. The minimum atomic E-state index is -0.630. The number of Topliss-reactive ketones (excluding diaryl/α,β-unsaturated/α-hetero) is 3. The summed E-state index contributed by atoms with van der Waals surface area (Å²) < 4.78 is 28.8. The lowest BCUT2D eigenvalue weighted by Crippen LogP contribution is -2.43. The summed E-state index contributed by atoms with van der Waals surface area (Å²) in [7, 11) is 3.07. The average molecular weight is 653 g/mol. The summed E-state index contributed by atoms with van der Waals surface area (Å²) in [4.78, 5) is 37.4. The van der Waals surface area contributed by atoms with Crippen LogP contribution >= 0.6 is 0 Å². The molecule has 0 amide bonds. The molecule has 0 bridgehead atoms. The SMILES string of the molecule is CC(C)=CCC1=C(O)c2ccccc2C(=O)C1=O.COc1cc2c(cc1OC)C1C(=O)c3c(O)cc4c(c3OC1CO2)C=CC(C)(C)O4. The minimum absolute atomic E-state index is 0.0762. The van der Waals surface area contributed by atoms with Crippen LogP contribution < -0.4 is 23.7 Å². The summed E-state index contributed by atoms with van der Waals surface area (Å²) in [6, 6.07) is 11.5. The molecule has 0 fully saturated rings. The smallest absolute Gasteiger partial charge is 0.234 e. The Hall–Kier alpha value is -5.51. The van der Waals surface area contributed by atoms with E-state index in [9.17, 15) is 24.6 Å². The summed E-state index contributed by atoms with van der Waals surface area (Å²) >= 11 is 0. The Bertz CT molecular complexity index is 1960. The van der Waals surface area contributed by atoms with Crippen molar-refractivity contribution in [1.29, 1.82) is 0 Å². The van der Waals surface area contributed by atoms with Crippen LogP contribution in [0.4, 0.5) is 0 Å². The van der Waals surface area contributed by atoms with E-state index in [1.165, 1.54) is 13.2 Å². The van der Waals surface area contributed by atoms with Crippen LogP contribution in [0.3, 0.4) is 0 Å². The Kier molecular flexibility index (Phi) is 8.28. The molecule has 7 rings (SSSR count). The Morgan fingerprint density at radius 1 is 0.958 bits per heavy atom. The van der Waals surface area contributed by atoms with Gasteiger partial charge in [0.1, 0.15) is 52.6 Å². The molecule has 3 heterocycles. The van der Waals surface area contributed by atoms with Crippen LogP contribution in [-0.4, -0.2) is 60.1 Å². The number of allylic oxidation sites excluding steroid dienone is 3. The van der Waals surface area contributed by atoms with Crippen molar-refractivity contribution in [2.75, 3.05) is 20.8 Å². The maximum Gasteiger partial charge on any atom is 0.234 e. The lowest BCUT2D eigenvalue weighted by atomic mass is 9.80. The zero-order valence-electron chi connectivity index (χ0n) is 27.5. The van der Waals surface area contributed by atoms with Crippen molar-refractivity contribution in [2.45, 2.75) is 51.7 Å². The van der Waals surface area contributed by atoms with E-state index in [2.05, 4.69) is 0 Å². The predicted octanol–water partition coefficient (Wildman–Crippen LogP) is 6.79. The zero-order chi connectivity index (χ0) is 34.5. The van der Waals surface area contributed by atoms with Crippen LogP contribution in [0.5, 0.6) is 34.5 Å². The second kappa shape index (κ2) is 12.3. The summed E-state index contributed by atoms with van der Waals surface area (Å²) in [6.07, 6.45) is 5.34. The highest BCUT2D eigenvalue weighted by Crippen LogP contribution is 2.52. The number of methoxy groups -OCH3 is 2. The van der Waals surface area contributed by atoms with Gasteiger partial charge in [-0.2, -0.15) is 0 Å². The summed E-state index contributed by atoms with van der Waals surface area (Å²) in [5.74, 6) is 0.115. The number of fused-ring (bicyclic) bond motifs is 7. The third-order valence-electron chi connectivity index (χ3n) is 8.62. The van der Waals surface area contributed by atoms with E-state index in [4.69, 9.17) is 23.7 Å². The fraction of sp³-hybridized carbons (Fsp3) is 0.289. The summed E-state index contributed by atoms with van der Waals surface area (Å²) in [5.41, 5.74) is 2.87. The van der Waals surface area contributed by atoms with E-state index in [0.717, 1.165) is 5.57 Å². The third-order valence-corrected chi connectivity index (χ3v) is 8.62. The number of ether oxygens (including phenoxy) is 5. The summed E-state index contributed by atoms with van der Waals surface area (Å²) in [5, 5.41) is 20.8. The largest absolute Gasteiger partial charge is 0.507 e. The maximum absolute atomic E-state index is 13.6. The second-order valence-electron chi connectivity index (χ2n) is 12.6. The predicted molar refractivity (Wildman–Crippen MR) is 178 cm³/mol. The number of aliphatic hydroxyl groups excluding tert-OH is 1. The highest BCUT2D eigenvalue weighted by molar-refractivity contribution is 6.52. The molecule has 10 heteroatoms. The molecule has 0 saturated heterocycles. The van der Waals surface area contributed by atoms with E-state index in [-0.39, 0.29) is 47.0 Å². The van der Waals surface area contributed by atoms with Crippen molar-refractivity contribution in [3.8, 4) is 34.5 Å². The van der Waals surface area contributed by atoms with Gasteiger partial charge in [-0.15, -0.1) is 0 Å². The molecule has 2 unspecified atom stereocenters. The van der Waals surface area contributed by atoms with E-state index in [1.807, 2.05) is 45.9 Å². The van der Waals surface area contributed by atoms with Gasteiger partial charge in [0, 0.05) is 34.4 Å². The summed E-state index contributed by atoms with van der Waals surface area (Å²) in [6.45, 7) is 7.83. The second-order valence-corrected chi connectivity index (χ2v) is 12.6. The quantitative estimate of drug-likeness (QED) is 0.229. The van der Waals surface area contributed by atoms with Crippen LogP contribution in [0.25, 0.3) is 11.8 Å². The van der Waals surface area contributed by atoms with Gasteiger partial charge >= 0.3 is 0 Å². The molecule has 3 aliphatic heterocycles. The van der Waals surface area contributed by atoms with Crippen molar-refractivity contribution in [1.82, 2.24) is 0 Å². The normalized spacial score (nSPS) is 19.4. The molecule has 0 spiro atoms. The van der Waals surface area contributed by atoms with Gasteiger partial charge in [-0.3, -0.25) is 14.4 Å². The average Bonchev–Trinajstić information content (AvgIpc) is 3.05. The standard InChI is InChI=1S/C23H22O7.C15H14O3/c1-23(2)6-5-11-15(30-23)8-13(24)20-21(25)19-12-7-16(26-3)17(27-4)9-14(12)28-10-18(19)29-22(11)20;1-9(2)7-8-12-13(16)10-5-3-4-6-11(10)14(17)15(12)18/h5-9,18-19,24H,10H2,1-4H3;3-7,16H,8H2,1-2H3. The molecule has 1 aliphatic carbocycles. The van der Waals surface area contributed by atoms with E-state index < -0.39 is 29.2 Å². The van der Waals surface area contributed by atoms with Gasteiger partial charge in [-0.1, -0.05) is 35.9 Å². The first kappa shape index (κ1) is 32.4. The van der Waals surface area contributed by atoms with Crippen LogP contribution in [0.15, 0.2) is 65.8 Å². The number of ketones is 3. The molecule has 0 radical (unpaired) electrons. The number of phenols is 1. The lowest BCUT2D eigenvalue weighted by molar-refractivity contribution is -0.112. The lowest BCUT2D eigenvalue weighted by Gasteiger charge is -2.39. The first-order valence-corrected chi connectivity index (χ1v) is 15.5. The highest BCUT2D eigenvalue weighted by atomic mass is 16.5. The molecular weight excluding hydrogens is 616 g/mol. The van der Waals surface area contributed by atoms with Crippen LogP contribution in [0.2, 0.25) is 0 Å². The van der Waals surface area contributed by atoms with Gasteiger partial charge in [0.2, 0.25) is 11.6 Å². The Morgan fingerprint density at radius 2 is 1.65 bits per heavy atom. The Morgan fingerprint density at radius 3 is 2.33 bits per heavy atom. The van der Waals surface area contributed by atoms with Crippen LogP contribution in [0, 0.1) is 0 Å². The Labute approximate surface area is 277 Å². The number of carbonyl (C=O) groups excluding carboxylic acids is 3. The van der Waals surface area contributed by atoms with Gasteiger partial charge < -0.3 is 33.9 Å². The number of phenolic OH excluding ortho intramolecular Hbond substituents is 1. The van der Waals surface area contributed by atoms with Gasteiger partial charge in [-0.25, -0.2) is 0 Å². The highest BCUT2D eigenvalue weighted by Gasteiger charge is 2.46. The monoisotopic (exact) mass is 652 g/mol. The molecule has 248 valence electrons. The number of aromatic hydroxyl groups is 1. The number of benzene rings is 3. The number of aliphatic hydroxyl groups is 1. The van der Waals surface area contributed by atoms with Gasteiger partial charge in [0.05, 0.1) is 25.7 Å². The number of rotatable bonds is 4. The van der Waals surface area contributed by atoms with E-state index >= 15 is 0 Å². The molecule has 2 N–H and O–H groups in total. The molecule has 3 aromatic carbocycles. The molecular formula is C38H36O10. The Balaban J connectivity index is 0.000000191. The first-order valence-electron chi connectivity index (χ1n) is 15.5. The third kappa shape index (κ3) is 5.57. The number of carbonyl (C=O) groups is 3. The van der Waals surface area contributed by atoms with Gasteiger partial charge in [0.25, 0.3) is 0 Å². The molecule has 3 aromatic rings. The van der Waals surface area contributed by atoms with E-state index in [0.29, 0.717) is 45.4 Å². The van der Waals surface area contributed by atoms with E-state index in [1.54, 1.807) is 43.5 Å². The number of hydrogen-bond donors (Lipinski definition) is 2. The molecule has 0 aromatic heterocycles. The molecule has 2 atom stereocenters. The molecule has 10 nitrogen and oxygen atoms in total. The van der Waals surface area contributed by atoms with Gasteiger partial charge in [0.15, 0.2) is 17.3 Å². The van der Waals surface area contributed by atoms with Crippen molar-refractivity contribution in [2.24, 2.45) is 0 Å².